The summed E-state index contributed by atoms with van der Waals surface area (Å²) in [5.41, 5.74) is 1.97. The van der Waals surface area contributed by atoms with E-state index in [0.29, 0.717) is 23.7 Å². The number of carbonyl (C=O) groups excluding carboxylic acids is 1. The zero-order valence-electron chi connectivity index (χ0n) is 14.6. The molecule has 0 aliphatic carbocycles. The van der Waals surface area contributed by atoms with Crippen molar-refractivity contribution in [3.05, 3.63) is 69.8 Å². The van der Waals surface area contributed by atoms with Gasteiger partial charge in [-0.1, -0.05) is 41.4 Å². The Morgan fingerprint density at radius 1 is 1.18 bits per heavy atom. The molecular weight excluding hydrogens is 395 g/mol. The number of nitriles is 2. The number of rotatable bonds is 5. The fourth-order valence-corrected chi connectivity index (χ4v) is 3.29. The Morgan fingerprint density at radius 3 is 2.68 bits per heavy atom. The molecule has 0 saturated carbocycles. The van der Waals surface area contributed by atoms with Crippen LogP contribution < -0.4 is 5.32 Å². The molecule has 0 bridgehead atoms. The van der Waals surface area contributed by atoms with E-state index in [4.69, 9.17) is 28.5 Å². The zero-order valence-corrected chi connectivity index (χ0v) is 16.1. The van der Waals surface area contributed by atoms with Crippen LogP contribution in [0.1, 0.15) is 12.0 Å². The number of benzene rings is 2. The van der Waals surface area contributed by atoms with Crippen LogP contribution in [0.2, 0.25) is 10.0 Å². The van der Waals surface area contributed by atoms with Gasteiger partial charge in [-0.25, -0.2) is 0 Å². The number of amides is 1. The highest BCUT2D eigenvalue weighted by Gasteiger charge is 2.14. The smallest absolute Gasteiger partial charge is 0.266 e. The van der Waals surface area contributed by atoms with E-state index in [0.717, 1.165) is 16.5 Å². The van der Waals surface area contributed by atoms with E-state index >= 15 is 0 Å². The molecule has 28 heavy (non-hydrogen) atoms. The minimum atomic E-state index is -0.569. The highest BCUT2D eigenvalue weighted by atomic mass is 35.5. The average Bonchev–Trinajstić information content (AvgIpc) is 3.04. The maximum atomic E-state index is 12.6. The minimum Gasteiger partial charge on any atom is -0.346 e. The molecule has 1 N–H and O–H groups in total. The molecule has 0 aliphatic rings. The molecule has 1 aromatic heterocycles. The van der Waals surface area contributed by atoms with Gasteiger partial charge in [-0.3, -0.25) is 4.79 Å². The molecular formula is C21H14Cl2N4O. The van der Waals surface area contributed by atoms with Gasteiger partial charge in [-0.05, 0) is 30.3 Å². The Bertz CT molecular complexity index is 1170. The molecule has 0 atom stereocenters. The maximum absolute atomic E-state index is 12.6. The number of nitrogens with zero attached hydrogens (tertiary/aromatic N) is 3. The van der Waals surface area contributed by atoms with Crippen molar-refractivity contribution in [3.63, 3.8) is 0 Å². The van der Waals surface area contributed by atoms with Crippen molar-refractivity contribution >= 4 is 51.8 Å². The summed E-state index contributed by atoms with van der Waals surface area (Å²) in [6.07, 6.45) is 3.73. The van der Waals surface area contributed by atoms with Crippen LogP contribution >= 0.6 is 23.2 Å². The lowest BCUT2D eigenvalue weighted by Gasteiger charge is -2.06. The second-order valence-corrected chi connectivity index (χ2v) is 6.79. The van der Waals surface area contributed by atoms with Crippen LogP contribution in [-0.2, 0) is 11.3 Å². The largest absolute Gasteiger partial charge is 0.346 e. The maximum Gasteiger partial charge on any atom is 0.266 e. The number of anilines is 1. The number of aromatic nitrogens is 1. The molecule has 3 aromatic rings. The summed E-state index contributed by atoms with van der Waals surface area (Å²) in [4.78, 5) is 12.6. The van der Waals surface area contributed by atoms with Gasteiger partial charge in [0.15, 0.2) is 0 Å². The molecule has 0 aliphatic heterocycles. The van der Waals surface area contributed by atoms with E-state index in [9.17, 15) is 10.1 Å². The molecule has 7 heteroatoms. The van der Waals surface area contributed by atoms with Gasteiger partial charge < -0.3 is 9.88 Å². The van der Waals surface area contributed by atoms with Crippen molar-refractivity contribution < 1.29 is 4.79 Å². The van der Waals surface area contributed by atoms with Gasteiger partial charge in [0.05, 0.1) is 23.2 Å². The van der Waals surface area contributed by atoms with E-state index in [1.807, 2.05) is 41.1 Å². The van der Waals surface area contributed by atoms with Gasteiger partial charge in [-0.2, -0.15) is 10.5 Å². The Balaban J connectivity index is 1.95. The Labute approximate surface area is 172 Å². The van der Waals surface area contributed by atoms with Gasteiger partial charge in [-0.15, -0.1) is 0 Å². The Hall–Kier alpha value is -3.25. The molecule has 138 valence electrons. The summed E-state index contributed by atoms with van der Waals surface area (Å²) in [6, 6.07) is 16.4. The van der Waals surface area contributed by atoms with Gasteiger partial charge >= 0.3 is 0 Å². The van der Waals surface area contributed by atoms with Crippen molar-refractivity contribution in [1.82, 2.24) is 4.57 Å². The normalized spacial score (nSPS) is 11.1. The average molecular weight is 409 g/mol. The standard InChI is InChI=1S/C21H14Cl2N4O/c22-16-6-7-19(18(23)11-16)26-21(28)14(12-25)10-15-13-27(9-3-8-24)20-5-2-1-4-17(15)20/h1-2,4-7,10-11,13H,3,9H2,(H,26,28)/b14-10-. The molecule has 0 fully saturated rings. The number of hydrogen-bond acceptors (Lipinski definition) is 3. The van der Waals surface area contributed by atoms with Crippen LogP contribution in [0, 0.1) is 22.7 Å². The quantitative estimate of drug-likeness (QED) is 0.452. The second kappa shape index (κ2) is 8.63. The van der Waals surface area contributed by atoms with Crippen molar-refractivity contribution in [3.8, 4) is 12.1 Å². The first-order valence-electron chi connectivity index (χ1n) is 8.36. The molecule has 0 unspecified atom stereocenters. The molecule has 0 radical (unpaired) electrons. The lowest BCUT2D eigenvalue weighted by Crippen LogP contribution is -2.13. The molecule has 1 heterocycles. The summed E-state index contributed by atoms with van der Waals surface area (Å²) in [5, 5.41) is 22.6. The van der Waals surface area contributed by atoms with E-state index in [2.05, 4.69) is 11.4 Å². The van der Waals surface area contributed by atoms with Crippen LogP contribution in [-0.4, -0.2) is 10.5 Å². The summed E-state index contributed by atoms with van der Waals surface area (Å²) in [6.45, 7) is 0.527. The van der Waals surface area contributed by atoms with Crippen LogP contribution in [0.5, 0.6) is 0 Å². The summed E-state index contributed by atoms with van der Waals surface area (Å²) in [5.74, 6) is -0.569. The molecule has 2 aromatic carbocycles. The highest BCUT2D eigenvalue weighted by molar-refractivity contribution is 6.37. The Morgan fingerprint density at radius 2 is 1.96 bits per heavy atom. The molecule has 5 nitrogen and oxygen atoms in total. The number of hydrogen-bond donors (Lipinski definition) is 1. The summed E-state index contributed by atoms with van der Waals surface area (Å²) in [7, 11) is 0. The van der Waals surface area contributed by atoms with E-state index in [1.54, 1.807) is 12.1 Å². The lowest BCUT2D eigenvalue weighted by atomic mass is 10.1. The van der Waals surface area contributed by atoms with Crippen LogP contribution in [0.15, 0.2) is 54.2 Å². The van der Waals surface area contributed by atoms with Crippen molar-refractivity contribution in [1.29, 1.82) is 10.5 Å². The second-order valence-electron chi connectivity index (χ2n) is 5.95. The SMILES string of the molecule is N#CCCn1cc(/C=C(/C#N)C(=O)Nc2ccc(Cl)cc2Cl)c2ccccc21. The topological polar surface area (TPSA) is 81.6 Å². The lowest BCUT2D eigenvalue weighted by molar-refractivity contribution is -0.112. The van der Waals surface area contributed by atoms with Gasteiger partial charge in [0.1, 0.15) is 11.6 Å². The highest BCUT2D eigenvalue weighted by Crippen LogP contribution is 2.27. The fourth-order valence-electron chi connectivity index (χ4n) is 2.83. The van der Waals surface area contributed by atoms with Crippen molar-refractivity contribution in [2.45, 2.75) is 13.0 Å². The van der Waals surface area contributed by atoms with Gasteiger partial charge in [0, 0.05) is 34.2 Å². The van der Waals surface area contributed by atoms with Crippen LogP contribution in [0.25, 0.3) is 17.0 Å². The van der Waals surface area contributed by atoms with Crippen molar-refractivity contribution in [2.24, 2.45) is 0 Å². The number of fused-ring (bicyclic) bond motifs is 1. The van der Waals surface area contributed by atoms with Gasteiger partial charge in [0.25, 0.3) is 5.91 Å². The Kier molecular flexibility index (Phi) is 6.01. The van der Waals surface area contributed by atoms with Gasteiger partial charge in [0.2, 0.25) is 0 Å². The first kappa shape index (κ1) is 19.5. The van der Waals surface area contributed by atoms with Crippen molar-refractivity contribution in [2.75, 3.05) is 5.32 Å². The molecule has 0 spiro atoms. The zero-order chi connectivity index (χ0) is 20.1. The fraction of sp³-hybridized carbons (Fsp3) is 0.0952. The molecule has 3 rings (SSSR count). The van der Waals surface area contributed by atoms with Crippen LogP contribution in [0.4, 0.5) is 5.69 Å². The third-order valence-electron chi connectivity index (χ3n) is 4.13. The van der Waals surface area contributed by atoms with E-state index in [1.165, 1.54) is 12.1 Å². The first-order valence-corrected chi connectivity index (χ1v) is 9.12. The predicted octanol–water partition coefficient (Wildman–Crippen LogP) is 5.41. The van der Waals surface area contributed by atoms with E-state index < -0.39 is 5.91 Å². The minimum absolute atomic E-state index is 0.0609. The summed E-state index contributed by atoms with van der Waals surface area (Å²) < 4.78 is 1.94. The number of nitrogens with one attached hydrogen (secondary N) is 1. The van der Waals surface area contributed by atoms with E-state index in [-0.39, 0.29) is 10.6 Å². The summed E-state index contributed by atoms with van der Waals surface area (Å²) >= 11 is 11.9. The first-order chi connectivity index (χ1) is 13.5. The third-order valence-corrected chi connectivity index (χ3v) is 4.68. The number of halogens is 2. The number of aryl methyl sites for hydroxylation is 1. The van der Waals surface area contributed by atoms with Crippen LogP contribution in [0.3, 0.4) is 0 Å². The predicted molar refractivity (Wildman–Crippen MR) is 111 cm³/mol. The molecule has 0 saturated heterocycles. The third kappa shape index (κ3) is 4.18. The number of carbonyl (C=O) groups is 1. The number of para-hydroxylation sites is 1. The monoisotopic (exact) mass is 408 g/mol. The molecule has 1 amide bonds.